The van der Waals surface area contributed by atoms with Crippen molar-refractivity contribution in [3.63, 3.8) is 0 Å². The van der Waals surface area contributed by atoms with Crippen LogP contribution in [0.4, 0.5) is 5.69 Å². The number of anilines is 1. The van der Waals surface area contributed by atoms with Crippen molar-refractivity contribution in [1.29, 1.82) is 0 Å². The Bertz CT molecular complexity index is 513. The minimum Gasteiger partial charge on any atom is -0.384 e. The molecule has 0 radical (unpaired) electrons. The van der Waals surface area contributed by atoms with E-state index in [1.165, 1.54) is 11.3 Å². The maximum absolute atomic E-state index is 6.10. The predicted octanol–water partition coefficient (Wildman–Crippen LogP) is 4.85. The van der Waals surface area contributed by atoms with Gasteiger partial charge in [0.05, 0.1) is 5.02 Å². The van der Waals surface area contributed by atoms with Gasteiger partial charge in [-0.25, -0.2) is 0 Å². The van der Waals surface area contributed by atoms with Crippen LogP contribution in [0.3, 0.4) is 0 Å². The van der Waals surface area contributed by atoms with E-state index in [1.807, 2.05) is 18.2 Å². The van der Waals surface area contributed by atoms with Crippen LogP contribution in [0, 0.1) is 6.92 Å². The number of hydrogen-bond donors (Lipinski definition) is 1. The highest BCUT2D eigenvalue weighted by Crippen LogP contribution is 2.26. The van der Waals surface area contributed by atoms with Crippen molar-refractivity contribution in [2.24, 2.45) is 0 Å². The summed E-state index contributed by atoms with van der Waals surface area (Å²) in [5.41, 5.74) is 2.45. The maximum atomic E-state index is 6.10. The number of hydrogen-bond acceptors (Lipinski definition) is 2. The average molecular weight is 278 g/mol. The van der Waals surface area contributed by atoms with E-state index in [2.05, 4.69) is 42.6 Å². The molecule has 2 aromatic rings. The topological polar surface area (TPSA) is 12.0 Å². The first kappa shape index (κ1) is 13.3. The van der Waals surface area contributed by atoms with Crippen molar-refractivity contribution < 1.29 is 0 Å². The van der Waals surface area contributed by atoms with E-state index in [-0.39, 0.29) is 0 Å². The van der Waals surface area contributed by atoms with Gasteiger partial charge < -0.3 is 5.32 Å². The van der Waals surface area contributed by atoms with Crippen molar-refractivity contribution in [3.05, 3.63) is 59.1 Å². The molecule has 1 nitrogen and oxygen atoms in total. The third kappa shape index (κ3) is 3.97. The Morgan fingerprint density at radius 2 is 1.94 bits per heavy atom. The van der Waals surface area contributed by atoms with E-state index in [9.17, 15) is 0 Å². The molecule has 18 heavy (non-hydrogen) atoms. The third-order valence-corrected chi connectivity index (χ3v) is 4.06. The zero-order valence-corrected chi connectivity index (χ0v) is 11.9. The van der Waals surface area contributed by atoms with Gasteiger partial charge in [0.1, 0.15) is 0 Å². The molecule has 0 fully saturated rings. The normalized spacial score (nSPS) is 10.3. The Kier molecular flexibility index (Phi) is 4.97. The number of nitrogens with one attached hydrogen (secondary N) is 1. The van der Waals surface area contributed by atoms with Crippen LogP contribution >= 0.6 is 23.4 Å². The molecule has 0 saturated heterocycles. The van der Waals surface area contributed by atoms with Crippen LogP contribution in [0.2, 0.25) is 5.02 Å². The summed E-state index contributed by atoms with van der Waals surface area (Å²) in [6.45, 7) is 3.03. The molecule has 94 valence electrons. The molecule has 1 N–H and O–H groups in total. The molecular weight excluding hydrogens is 262 g/mol. The second kappa shape index (κ2) is 6.72. The summed E-state index contributed by atoms with van der Waals surface area (Å²) < 4.78 is 0. The third-order valence-electron chi connectivity index (χ3n) is 2.54. The van der Waals surface area contributed by atoms with E-state index in [4.69, 9.17) is 11.6 Å². The van der Waals surface area contributed by atoms with Crippen molar-refractivity contribution in [1.82, 2.24) is 0 Å². The summed E-state index contributed by atoms with van der Waals surface area (Å²) in [5, 5.41) is 4.24. The molecule has 0 saturated carbocycles. The van der Waals surface area contributed by atoms with Gasteiger partial charge in [0, 0.05) is 22.9 Å². The van der Waals surface area contributed by atoms with Crippen LogP contribution < -0.4 is 5.32 Å². The molecular formula is C15H16ClNS. The SMILES string of the molecule is Cc1cccc(NCCSc2ccccc2Cl)c1. The van der Waals surface area contributed by atoms with Gasteiger partial charge in [0.15, 0.2) is 0 Å². The number of rotatable bonds is 5. The summed E-state index contributed by atoms with van der Waals surface area (Å²) in [7, 11) is 0. The number of halogens is 1. The van der Waals surface area contributed by atoms with E-state index in [0.717, 1.165) is 22.2 Å². The Morgan fingerprint density at radius 3 is 2.72 bits per heavy atom. The highest BCUT2D eigenvalue weighted by atomic mass is 35.5. The summed E-state index contributed by atoms with van der Waals surface area (Å²) in [6.07, 6.45) is 0. The quantitative estimate of drug-likeness (QED) is 0.619. The van der Waals surface area contributed by atoms with Gasteiger partial charge in [0.2, 0.25) is 0 Å². The molecule has 0 aliphatic carbocycles. The second-order valence-corrected chi connectivity index (χ2v) is 5.62. The van der Waals surface area contributed by atoms with E-state index < -0.39 is 0 Å². The lowest BCUT2D eigenvalue weighted by molar-refractivity contribution is 1.22. The van der Waals surface area contributed by atoms with Crippen molar-refractivity contribution in [3.8, 4) is 0 Å². The molecule has 3 heteroatoms. The zero-order chi connectivity index (χ0) is 12.8. The van der Waals surface area contributed by atoms with Gasteiger partial charge in [-0.1, -0.05) is 35.9 Å². The van der Waals surface area contributed by atoms with Crippen LogP contribution in [0.15, 0.2) is 53.4 Å². The highest BCUT2D eigenvalue weighted by molar-refractivity contribution is 7.99. The van der Waals surface area contributed by atoms with Crippen molar-refractivity contribution >= 4 is 29.1 Å². The molecule has 0 heterocycles. The molecule has 0 amide bonds. The van der Waals surface area contributed by atoms with E-state index in [1.54, 1.807) is 11.8 Å². The Morgan fingerprint density at radius 1 is 1.11 bits per heavy atom. The minimum absolute atomic E-state index is 0.832. The highest BCUT2D eigenvalue weighted by Gasteiger charge is 1.99. The fourth-order valence-electron chi connectivity index (χ4n) is 1.67. The maximum Gasteiger partial charge on any atom is 0.0541 e. The molecule has 0 atom stereocenters. The van der Waals surface area contributed by atoms with Gasteiger partial charge in [-0.2, -0.15) is 0 Å². The Hall–Kier alpha value is -1.12. The lowest BCUT2D eigenvalue weighted by atomic mass is 10.2. The first-order valence-electron chi connectivity index (χ1n) is 5.93. The molecule has 0 aromatic heterocycles. The van der Waals surface area contributed by atoms with Crippen LogP contribution in [-0.4, -0.2) is 12.3 Å². The Balaban J connectivity index is 1.78. The number of benzene rings is 2. The van der Waals surface area contributed by atoms with Crippen LogP contribution in [0.5, 0.6) is 0 Å². The Labute approximate surface area is 118 Å². The first-order chi connectivity index (χ1) is 8.75. The van der Waals surface area contributed by atoms with Crippen molar-refractivity contribution in [2.45, 2.75) is 11.8 Å². The van der Waals surface area contributed by atoms with Crippen molar-refractivity contribution in [2.75, 3.05) is 17.6 Å². The van der Waals surface area contributed by atoms with Gasteiger partial charge in [-0.3, -0.25) is 0 Å². The van der Waals surface area contributed by atoms with Crippen LogP contribution in [0.25, 0.3) is 0 Å². The molecule has 2 aromatic carbocycles. The second-order valence-electron chi connectivity index (χ2n) is 4.08. The molecule has 0 aliphatic rings. The average Bonchev–Trinajstić information content (AvgIpc) is 2.37. The largest absolute Gasteiger partial charge is 0.384 e. The van der Waals surface area contributed by atoms with E-state index in [0.29, 0.717) is 0 Å². The smallest absolute Gasteiger partial charge is 0.0541 e. The molecule has 0 spiro atoms. The lowest BCUT2D eigenvalue weighted by Crippen LogP contribution is -2.03. The molecule has 2 rings (SSSR count). The summed E-state index contributed by atoms with van der Waals surface area (Å²) in [6, 6.07) is 16.4. The van der Waals surface area contributed by atoms with Crippen LogP contribution in [0.1, 0.15) is 5.56 Å². The molecule has 0 bridgehead atoms. The minimum atomic E-state index is 0.832. The summed E-state index contributed by atoms with van der Waals surface area (Å²) >= 11 is 7.88. The predicted molar refractivity (Wildman–Crippen MR) is 81.8 cm³/mol. The monoisotopic (exact) mass is 277 g/mol. The van der Waals surface area contributed by atoms with Gasteiger partial charge in [-0.05, 0) is 36.8 Å². The zero-order valence-electron chi connectivity index (χ0n) is 10.3. The fourth-order valence-corrected chi connectivity index (χ4v) is 2.78. The summed E-state index contributed by atoms with van der Waals surface area (Å²) in [4.78, 5) is 1.14. The summed E-state index contributed by atoms with van der Waals surface area (Å²) in [5.74, 6) is 0.998. The number of aryl methyl sites for hydroxylation is 1. The van der Waals surface area contributed by atoms with E-state index >= 15 is 0 Å². The number of thioether (sulfide) groups is 1. The first-order valence-corrected chi connectivity index (χ1v) is 7.30. The molecule has 0 unspecified atom stereocenters. The van der Waals surface area contributed by atoms with Gasteiger partial charge >= 0.3 is 0 Å². The standard InChI is InChI=1S/C15H16ClNS/c1-12-5-4-6-13(11-12)17-9-10-18-15-8-3-2-7-14(15)16/h2-8,11,17H,9-10H2,1H3. The molecule has 0 aliphatic heterocycles. The van der Waals surface area contributed by atoms with Crippen LogP contribution in [-0.2, 0) is 0 Å². The van der Waals surface area contributed by atoms with Gasteiger partial charge in [0.25, 0.3) is 0 Å². The fraction of sp³-hybridized carbons (Fsp3) is 0.200. The lowest BCUT2D eigenvalue weighted by Gasteiger charge is -2.07. The van der Waals surface area contributed by atoms with Gasteiger partial charge in [-0.15, -0.1) is 11.8 Å².